The van der Waals surface area contributed by atoms with Crippen LogP contribution >= 0.6 is 11.3 Å². The number of benzene rings is 2. The molecular formula is C21H19N5OS. The summed E-state index contributed by atoms with van der Waals surface area (Å²) < 4.78 is 1.57. The van der Waals surface area contributed by atoms with Gasteiger partial charge in [0.05, 0.1) is 5.69 Å². The van der Waals surface area contributed by atoms with E-state index in [1.165, 1.54) is 6.33 Å². The minimum absolute atomic E-state index is 0.0147. The lowest BCUT2D eigenvalue weighted by Gasteiger charge is -2.22. The second kappa shape index (κ2) is 8.14. The Bertz CT molecular complexity index is 993. The molecule has 4 rings (SSSR count). The van der Waals surface area contributed by atoms with E-state index in [1.807, 2.05) is 77.9 Å². The number of carbonyl (C=O) groups is 1. The highest BCUT2D eigenvalue weighted by molar-refractivity contribution is 7.13. The summed E-state index contributed by atoms with van der Waals surface area (Å²) in [5.74, 6) is -0.0147. The quantitative estimate of drug-likeness (QED) is 0.499. The van der Waals surface area contributed by atoms with Crippen LogP contribution in [0.25, 0.3) is 16.1 Å². The maximum Gasteiger partial charge on any atom is 0.254 e. The van der Waals surface area contributed by atoms with Crippen molar-refractivity contribution < 1.29 is 4.79 Å². The molecule has 140 valence electrons. The van der Waals surface area contributed by atoms with Gasteiger partial charge in [-0.05, 0) is 58.1 Å². The van der Waals surface area contributed by atoms with Crippen molar-refractivity contribution in [1.29, 1.82) is 0 Å². The molecule has 0 unspecified atom stereocenters. The van der Waals surface area contributed by atoms with E-state index in [0.29, 0.717) is 18.7 Å². The van der Waals surface area contributed by atoms with Crippen LogP contribution in [-0.4, -0.2) is 37.6 Å². The van der Waals surface area contributed by atoms with Gasteiger partial charge in [0.15, 0.2) is 0 Å². The summed E-state index contributed by atoms with van der Waals surface area (Å²) in [5, 5.41) is 13.4. The number of aromatic nitrogens is 4. The molecule has 0 atom stereocenters. The Balaban J connectivity index is 1.72. The van der Waals surface area contributed by atoms with Crippen molar-refractivity contribution in [2.45, 2.75) is 13.5 Å². The van der Waals surface area contributed by atoms with Gasteiger partial charge >= 0.3 is 0 Å². The van der Waals surface area contributed by atoms with E-state index in [1.54, 1.807) is 16.0 Å². The first-order valence-corrected chi connectivity index (χ1v) is 9.88. The first-order chi connectivity index (χ1) is 13.7. The predicted octanol–water partition coefficient (Wildman–Crippen LogP) is 4.05. The molecule has 2 aromatic heterocycles. The average Bonchev–Trinajstić information content (AvgIpc) is 3.46. The normalized spacial score (nSPS) is 10.8. The third-order valence-corrected chi connectivity index (χ3v) is 5.39. The van der Waals surface area contributed by atoms with Gasteiger partial charge in [-0.2, -0.15) is 0 Å². The van der Waals surface area contributed by atoms with Crippen LogP contribution < -0.4 is 0 Å². The van der Waals surface area contributed by atoms with Crippen LogP contribution in [-0.2, 0) is 6.54 Å². The van der Waals surface area contributed by atoms with Gasteiger partial charge in [-0.3, -0.25) is 4.79 Å². The monoisotopic (exact) mass is 389 g/mol. The van der Waals surface area contributed by atoms with Crippen molar-refractivity contribution in [3.05, 3.63) is 83.5 Å². The molecule has 7 heteroatoms. The summed E-state index contributed by atoms with van der Waals surface area (Å²) in [6.07, 6.45) is 1.53. The van der Waals surface area contributed by atoms with E-state index in [0.717, 1.165) is 21.7 Å². The molecule has 0 aliphatic carbocycles. The van der Waals surface area contributed by atoms with Crippen molar-refractivity contribution in [1.82, 2.24) is 25.1 Å². The van der Waals surface area contributed by atoms with Gasteiger partial charge in [0, 0.05) is 23.5 Å². The topological polar surface area (TPSA) is 63.9 Å². The number of nitrogens with zero attached hydrogens (tertiary/aromatic N) is 5. The summed E-state index contributed by atoms with van der Waals surface area (Å²) in [5.41, 5.74) is 3.46. The summed E-state index contributed by atoms with van der Waals surface area (Å²) in [7, 11) is 0. The van der Waals surface area contributed by atoms with Crippen LogP contribution in [0.4, 0.5) is 0 Å². The second-order valence-corrected chi connectivity index (χ2v) is 7.25. The van der Waals surface area contributed by atoms with E-state index < -0.39 is 0 Å². The zero-order valence-electron chi connectivity index (χ0n) is 15.4. The van der Waals surface area contributed by atoms with E-state index in [-0.39, 0.29) is 5.91 Å². The van der Waals surface area contributed by atoms with E-state index >= 15 is 0 Å². The van der Waals surface area contributed by atoms with Crippen molar-refractivity contribution in [3.63, 3.8) is 0 Å². The third kappa shape index (κ3) is 3.84. The van der Waals surface area contributed by atoms with E-state index in [9.17, 15) is 4.79 Å². The number of hydrogen-bond donors (Lipinski definition) is 0. The number of tetrazole rings is 1. The molecule has 0 bridgehead atoms. The number of amides is 1. The Hall–Kier alpha value is -3.32. The Kier molecular flexibility index (Phi) is 5.25. The smallest absolute Gasteiger partial charge is 0.254 e. The first-order valence-electron chi connectivity index (χ1n) is 9.00. The van der Waals surface area contributed by atoms with Gasteiger partial charge in [0.1, 0.15) is 6.33 Å². The Morgan fingerprint density at radius 2 is 1.96 bits per heavy atom. The van der Waals surface area contributed by atoms with Crippen LogP contribution in [0.5, 0.6) is 0 Å². The highest BCUT2D eigenvalue weighted by Crippen LogP contribution is 2.28. The van der Waals surface area contributed by atoms with Gasteiger partial charge in [-0.1, -0.05) is 36.4 Å². The van der Waals surface area contributed by atoms with Crippen molar-refractivity contribution in [2.75, 3.05) is 6.54 Å². The standard InChI is InChI=1S/C21H19N5OS/c1-2-25(14-16-7-4-3-5-8-16)21(27)18-11-17(20-9-6-10-28-20)12-19(13-18)26-15-22-23-24-26/h3-13,15H,2,14H2,1H3. The largest absolute Gasteiger partial charge is 0.335 e. The SMILES string of the molecule is CCN(Cc1ccccc1)C(=O)c1cc(-c2cccs2)cc(-n2cnnn2)c1. The zero-order chi connectivity index (χ0) is 19.3. The molecule has 0 radical (unpaired) electrons. The molecule has 0 aliphatic rings. The van der Waals surface area contributed by atoms with E-state index in [2.05, 4.69) is 15.5 Å². The summed E-state index contributed by atoms with van der Waals surface area (Å²) in [6.45, 7) is 3.18. The molecule has 0 spiro atoms. The Labute approximate surface area is 167 Å². The molecule has 0 fully saturated rings. The fraction of sp³-hybridized carbons (Fsp3) is 0.143. The molecule has 2 aromatic carbocycles. The highest BCUT2D eigenvalue weighted by atomic mass is 32.1. The Morgan fingerprint density at radius 3 is 2.64 bits per heavy atom. The molecule has 0 aliphatic heterocycles. The fourth-order valence-electron chi connectivity index (χ4n) is 3.05. The van der Waals surface area contributed by atoms with Gasteiger partial charge < -0.3 is 4.90 Å². The number of hydrogen-bond acceptors (Lipinski definition) is 5. The molecule has 4 aromatic rings. The zero-order valence-corrected chi connectivity index (χ0v) is 16.2. The highest BCUT2D eigenvalue weighted by Gasteiger charge is 2.17. The maximum absolute atomic E-state index is 13.3. The number of rotatable bonds is 6. The molecule has 1 amide bonds. The van der Waals surface area contributed by atoms with Crippen LogP contribution in [0.2, 0.25) is 0 Å². The number of thiophene rings is 1. The lowest BCUT2D eigenvalue weighted by Crippen LogP contribution is -2.30. The lowest BCUT2D eigenvalue weighted by atomic mass is 10.1. The Morgan fingerprint density at radius 1 is 1.11 bits per heavy atom. The molecule has 2 heterocycles. The molecule has 6 nitrogen and oxygen atoms in total. The van der Waals surface area contributed by atoms with Crippen molar-refractivity contribution in [2.24, 2.45) is 0 Å². The third-order valence-electron chi connectivity index (χ3n) is 4.47. The maximum atomic E-state index is 13.3. The average molecular weight is 389 g/mol. The van der Waals surface area contributed by atoms with Gasteiger partial charge in [0.2, 0.25) is 0 Å². The van der Waals surface area contributed by atoms with Gasteiger partial charge in [0.25, 0.3) is 5.91 Å². The van der Waals surface area contributed by atoms with Crippen LogP contribution in [0.15, 0.2) is 72.4 Å². The molecule has 0 N–H and O–H groups in total. The minimum Gasteiger partial charge on any atom is -0.335 e. The molecule has 0 saturated heterocycles. The van der Waals surface area contributed by atoms with Crippen molar-refractivity contribution in [3.8, 4) is 16.1 Å². The summed E-state index contributed by atoms with van der Waals surface area (Å²) in [6, 6.07) is 19.8. The minimum atomic E-state index is -0.0147. The van der Waals surface area contributed by atoms with Crippen LogP contribution in [0.3, 0.4) is 0 Å². The fourth-order valence-corrected chi connectivity index (χ4v) is 3.76. The molecule has 28 heavy (non-hydrogen) atoms. The van der Waals surface area contributed by atoms with Gasteiger partial charge in [-0.15, -0.1) is 16.4 Å². The van der Waals surface area contributed by atoms with Crippen molar-refractivity contribution >= 4 is 17.2 Å². The van der Waals surface area contributed by atoms with Crippen LogP contribution in [0.1, 0.15) is 22.8 Å². The summed E-state index contributed by atoms with van der Waals surface area (Å²) >= 11 is 1.63. The summed E-state index contributed by atoms with van der Waals surface area (Å²) in [4.78, 5) is 16.2. The first kappa shape index (κ1) is 18.1. The molecule has 0 saturated carbocycles. The van der Waals surface area contributed by atoms with E-state index in [4.69, 9.17) is 0 Å². The lowest BCUT2D eigenvalue weighted by molar-refractivity contribution is 0.0752. The predicted molar refractivity (Wildman–Crippen MR) is 109 cm³/mol. The van der Waals surface area contributed by atoms with Gasteiger partial charge in [-0.25, -0.2) is 4.68 Å². The molecular weight excluding hydrogens is 370 g/mol. The number of carbonyl (C=O) groups excluding carboxylic acids is 1. The second-order valence-electron chi connectivity index (χ2n) is 6.31. The van der Waals surface area contributed by atoms with Crippen LogP contribution in [0, 0.1) is 0 Å².